The quantitative estimate of drug-likeness (QED) is 0.583. The van der Waals surface area contributed by atoms with E-state index in [0.29, 0.717) is 12.8 Å². The third kappa shape index (κ3) is 5.61. The normalized spacial score (nSPS) is 16.9. The van der Waals surface area contributed by atoms with E-state index < -0.39 is 28.2 Å². The van der Waals surface area contributed by atoms with Crippen LogP contribution in [0.2, 0.25) is 26.2 Å². The summed E-state index contributed by atoms with van der Waals surface area (Å²) in [5, 5.41) is 0. The van der Waals surface area contributed by atoms with Gasteiger partial charge < -0.3 is 4.12 Å². The van der Waals surface area contributed by atoms with Gasteiger partial charge in [-0.3, -0.25) is 0 Å². The molecule has 2 atom stereocenters. The summed E-state index contributed by atoms with van der Waals surface area (Å²) in [7, 11) is -4.80. The van der Waals surface area contributed by atoms with Gasteiger partial charge in [0.25, 0.3) is 0 Å². The summed E-state index contributed by atoms with van der Waals surface area (Å²) in [5.41, 5.74) is 0. The van der Waals surface area contributed by atoms with Crippen molar-refractivity contribution in [1.82, 2.24) is 0 Å². The zero-order valence-electron chi connectivity index (χ0n) is 12.1. The lowest BCUT2D eigenvalue weighted by Crippen LogP contribution is -2.55. The number of hydrogen-bond donors (Lipinski definition) is 0. The Balaban J connectivity index is 4.56. The highest BCUT2D eigenvalue weighted by molar-refractivity contribution is 6.86. The summed E-state index contributed by atoms with van der Waals surface area (Å²) in [6.45, 7) is 11.4. The molecule has 0 aromatic rings. The Morgan fingerprint density at radius 3 is 1.35 bits per heavy atom. The van der Waals surface area contributed by atoms with E-state index in [1.807, 2.05) is 40.0 Å². The third-order valence-corrected chi connectivity index (χ3v) is 10.9. The monoisotopic (exact) mass is 282 g/mol. The molecule has 0 spiro atoms. The first-order valence-electron chi connectivity index (χ1n) is 6.65. The Morgan fingerprint density at radius 2 is 1.12 bits per heavy atom. The van der Waals surface area contributed by atoms with Crippen LogP contribution in [0.1, 0.15) is 39.5 Å². The Labute approximate surface area is 107 Å². The summed E-state index contributed by atoms with van der Waals surface area (Å²) in [6.07, 6.45) is 2.71. The summed E-state index contributed by atoms with van der Waals surface area (Å²) in [6, 6.07) is 0. The van der Waals surface area contributed by atoms with E-state index in [1.165, 1.54) is 0 Å². The molecular weight excluding hydrogens is 254 g/mol. The first-order valence-corrected chi connectivity index (χ1v) is 12.6. The first-order chi connectivity index (χ1) is 7.67. The zero-order valence-corrected chi connectivity index (χ0v) is 14.1. The van der Waals surface area contributed by atoms with E-state index in [0.717, 1.165) is 12.8 Å². The van der Waals surface area contributed by atoms with Gasteiger partial charge in [-0.2, -0.15) is 0 Å². The van der Waals surface area contributed by atoms with Gasteiger partial charge in [0, 0.05) is 0 Å². The fourth-order valence-corrected chi connectivity index (χ4v) is 10.4. The lowest BCUT2D eigenvalue weighted by atomic mass is 10.4. The number of rotatable bonds is 8. The van der Waals surface area contributed by atoms with E-state index in [2.05, 4.69) is 0 Å². The molecule has 0 N–H and O–H groups in total. The molecule has 0 saturated carbocycles. The maximum Gasteiger partial charge on any atom is 0.209 e. The average Bonchev–Trinajstić information content (AvgIpc) is 2.16. The maximum atomic E-state index is 14.0. The molecule has 5 heteroatoms. The summed E-state index contributed by atoms with van der Waals surface area (Å²) < 4.78 is 34.0. The lowest BCUT2D eigenvalue weighted by molar-refractivity contribution is 0.323. The van der Waals surface area contributed by atoms with Gasteiger partial charge in [0.15, 0.2) is 0 Å². The lowest BCUT2D eigenvalue weighted by Gasteiger charge is -2.37. The second-order valence-corrected chi connectivity index (χ2v) is 14.3. The molecule has 0 heterocycles. The van der Waals surface area contributed by atoms with Crippen LogP contribution in [-0.2, 0) is 4.12 Å². The minimum atomic E-state index is -2.40. The van der Waals surface area contributed by atoms with E-state index in [4.69, 9.17) is 4.12 Å². The largest absolute Gasteiger partial charge is 0.452 e. The molecule has 0 aliphatic carbocycles. The predicted molar refractivity (Wildman–Crippen MR) is 75.7 cm³/mol. The molecule has 0 rings (SSSR count). The van der Waals surface area contributed by atoms with Gasteiger partial charge in [-0.25, -0.2) is 8.78 Å². The van der Waals surface area contributed by atoms with Gasteiger partial charge in [-0.15, -0.1) is 0 Å². The summed E-state index contributed by atoms with van der Waals surface area (Å²) in [5.74, 6) is -1.76. The number of hydrogen-bond acceptors (Lipinski definition) is 1. The molecule has 0 amide bonds. The van der Waals surface area contributed by atoms with Crippen LogP contribution in [0.5, 0.6) is 0 Å². The van der Waals surface area contributed by atoms with Crippen molar-refractivity contribution in [1.29, 1.82) is 0 Å². The van der Waals surface area contributed by atoms with Crippen LogP contribution in [-0.4, -0.2) is 28.2 Å². The molecule has 0 aromatic carbocycles. The highest BCUT2D eigenvalue weighted by Gasteiger charge is 2.43. The topological polar surface area (TPSA) is 9.23 Å². The van der Waals surface area contributed by atoms with Crippen LogP contribution in [0.3, 0.4) is 0 Å². The van der Waals surface area contributed by atoms with Crippen molar-refractivity contribution >= 4 is 16.6 Å². The van der Waals surface area contributed by atoms with Crippen LogP contribution in [0.25, 0.3) is 0 Å². The summed E-state index contributed by atoms with van der Waals surface area (Å²) in [4.78, 5) is 0. The standard InChI is InChI=1S/C12H28F2OSi2/c1-7-9-11(13)16(3,4)15-17(5,6)12(14)10-8-2/h11-12H,7-10H2,1-6H3. The van der Waals surface area contributed by atoms with E-state index in [1.54, 1.807) is 0 Å². The van der Waals surface area contributed by atoms with Gasteiger partial charge in [-0.05, 0) is 39.0 Å². The van der Waals surface area contributed by atoms with Crippen LogP contribution in [0.4, 0.5) is 8.78 Å². The molecule has 0 aliphatic rings. The highest BCUT2D eigenvalue weighted by Crippen LogP contribution is 2.27. The maximum absolute atomic E-state index is 14.0. The minimum Gasteiger partial charge on any atom is -0.452 e. The molecule has 0 bridgehead atoms. The van der Waals surface area contributed by atoms with E-state index >= 15 is 0 Å². The molecule has 0 aromatic heterocycles. The van der Waals surface area contributed by atoms with Crippen molar-refractivity contribution < 1.29 is 12.9 Å². The van der Waals surface area contributed by atoms with Gasteiger partial charge in [0.1, 0.15) is 11.6 Å². The smallest absolute Gasteiger partial charge is 0.209 e. The molecule has 1 nitrogen and oxygen atoms in total. The van der Waals surface area contributed by atoms with Gasteiger partial charge in [0.2, 0.25) is 16.6 Å². The number of alkyl halides is 2. The molecule has 0 aliphatic heterocycles. The second kappa shape index (κ2) is 6.99. The fourth-order valence-electron chi connectivity index (χ4n) is 2.01. The van der Waals surface area contributed by atoms with Gasteiger partial charge in [0.05, 0.1) is 0 Å². The van der Waals surface area contributed by atoms with E-state index in [9.17, 15) is 8.78 Å². The molecule has 0 fully saturated rings. The Kier molecular flexibility index (Phi) is 7.10. The predicted octanol–water partition coefficient (Wildman–Crippen LogP) is 4.77. The van der Waals surface area contributed by atoms with Crippen LogP contribution in [0, 0.1) is 0 Å². The molecular formula is C12H28F2OSi2. The average molecular weight is 283 g/mol. The van der Waals surface area contributed by atoms with Crippen molar-refractivity contribution in [2.75, 3.05) is 0 Å². The van der Waals surface area contributed by atoms with Crippen molar-refractivity contribution in [2.24, 2.45) is 0 Å². The molecule has 17 heavy (non-hydrogen) atoms. The van der Waals surface area contributed by atoms with Crippen molar-refractivity contribution in [3.8, 4) is 0 Å². The molecule has 2 unspecified atom stereocenters. The first kappa shape index (κ1) is 17.3. The molecule has 0 radical (unpaired) electrons. The van der Waals surface area contributed by atoms with Crippen molar-refractivity contribution in [3.05, 3.63) is 0 Å². The van der Waals surface area contributed by atoms with Crippen molar-refractivity contribution in [2.45, 2.75) is 77.3 Å². The Morgan fingerprint density at radius 1 is 0.824 bits per heavy atom. The van der Waals surface area contributed by atoms with E-state index in [-0.39, 0.29) is 0 Å². The van der Waals surface area contributed by atoms with Crippen LogP contribution in [0.15, 0.2) is 0 Å². The molecule has 0 saturated heterocycles. The summed E-state index contributed by atoms with van der Waals surface area (Å²) >= 11 is 0. The molecule has 104 valence electrons. The highest BCUT2D eigenvalue weighted by atomic mass is 28.4. The minimum absolute atomic E-state index is 0.536. The SMILES string of the molecule is CCCC(F)[Si](C)(C)O[Si](C)(C)C(F)CCC. The third-order valence-electron chi connectivity index (χ3n) is 3.12. The number of halogens is 2. The van der Waals surface area contributed by atoms with Gasteiger partial charge in [-0.1, -0.05) is 26.7 Å². The fraction of sp³-hybridized carbons (Fsp3) is 1.00. The Hall–Kier alpha value is 0.254. The van der Waals surface area contributed by atoms with Crippen molar-refractivity contribution in [3.63, 3.8) is 0 Å². The zero-order chi connectivity index (χ0) is 13.7. The van der Waals surface area contributed by atoms with Crippen LogP contribution < -0.4 is 0 Å². The van der Waals surface area contributed by atoms with Crippen LogP contribution >= 0.6 is 0 Å². The second-order valence-electron chi connectivity index (χ2n) is 5.82. The van der Waals surface area contributed by atoms with Gasteiger partial charge >= 0.3 is 0 Å². The Bertz CT molecular complexity index is 201.